The number of nitrogens with one attached hydrogen (secondary N) is 1. The number of anilines is 1. The Morgan fingerprint density at radius 2 is 1.57 bits per heavy atom. The quantitative estimate of drug-likeness (QED) is 0.702. The fourth-order valence-corrected chi connectivity index (χ4v) is 2.47. The molecule has 4 heteroatoms. The van der Waals surface area contributed by atoms with E-state index in [1.165, 1.54) is 0 Å². The highest BCUT2D eigenvalue weighted by atomic mass is 79.9. The van der Waals surface area contributed by atoms with Gasteiger partial charge in [0.1, 0.15) is 5.82 Å². The Balaban J connectivity index is 1.76. The lowest BCUT2D eigenvalue weighted by Gasteiger charge is -2.07. The molecular weight excluding hydrogens is 352 g/mol. The first kappa shape index (κ1) is 15.4. The smallest absolute Gasteiger partial charge is 0.256 e. The van der Waals surface area contributed by atoms with Crippen LogP contribution < -0.4 is 5.32 Å². The minimum absolute atomic E-state index is 0.168. The Morgan fingerprint density at radius 3 is 2.22 bits per heavy atom. The first-order valence-corrected chi connectivity index (χ1v) is 8.03. The second kappa shape index (κ2) is 6.75. The van der Waals surface area contributed by atoms with Crippen LogP contribution in [0.25, 0.3) is 11.1 Å². The summed E-state index contributed by atoms with van der Waals surface area (Å²) >= 11 is 3.40. The molecule has 3 aromatic rings. The second-order valence-corrected chi connectivity index (χ2v) is 6.02. The van der Waals surface area contributed by atoms with E-state index in [2.05, 4.69) is 26.2 Å². The summed E-state index contributed by atoms with van der Waals surface area (Å²) in [5.74, 6) is 0.377. The molecule has 0 unspecified atom stereocenters. The Hall–Kier alpha value is -2.46. The van der Waals surface area contributed by atoms with Crippen LogP contribution in [-0.2, 0) is 0 Å². The Bertz CT molecular complexity index is 830. The van der Waals surface area contributed by atoms with Crippen LogP contribution in [0.2, 0.25) is 0 Å². The van der Waals surface area contributed by atoms with Crippen molar-refractivity contribution in [3.8, 4) is 11.1 Å². The number of carbonyl (C=O) groups is 1. The monoisotopic (exact) mass is 366 g/mol. The van der Waals surface area contributed by atoms with E-state index in [1.54, 1.807) is 6.07 Å². The molecule has 0 aliphatic heterocycles. The maximum atomic E-state index is 12.3. The van der Waals surface area contributed by atoms with E-state index in [9.17, 15) is 4.79 Å². The number of hydrogen-bond donors (Lipinski definition) is 1. The number of pyridine rings is 1. The van der Waals surface area contributed by atoms with Crippen LogP contribution in [0.4, 0.5) is 5.82 Å². The largest absolute Gasteiger partial charge is 0.307 e. The standard InChI is InChI=1S/C19H15BrN2O/c1-13-17(20)11-12-18(21-13)22-19(23)16-9-7-15(8-10-16)14-5-3-2-4-6-14/h2-12H,1H3,(H,21,22,23). The predicted octanol–water partition coefficient (Wildman–Crippen LogP) is 5.07. The molecule has 23 heavy (non-hydrogen) atoms. The Morgan fingerprint density at radius 1 is 0.913 bits per heavy atom. The number of rotatable bonds is 3. The van der Waals surface area contributed by atoms with E-state index < -0.39 is 0 Å². The van der Waals surface area contributed by atoms with E-state index in [0.717, 1.165) is 21.3 Å². The minimum Gasteiger partial charge on any atom is -0.307 e. The summed E-state index contributed by atoms with van der Waals surface area (Å²) in [6.07, 6.45) is 0. The molecule has 0 aliphatic carbocycles. The summed E-state index contributed by atoms with van der Waals surface area (Å²) in [5.41, 5.74) is 3.65. The molecule has 0 bridgehead atoms. The summed E-state index contributed by atoms with van der Waals surface area (Å²) < 4.78 is 0.919. The van der Waals surface area contributed by atoms with Crippen LogP contribution in [0.5, 0.6) is 0 Å². The molecule has 1 aromatic heterocycles. The first-order valence-electron chi connectivity index (χ1n) is 7.23. The fraction of sp³-hybridized carbons (Fsp3) is 0.0526. The lowest BCUT2D eigenvalue weighted by molar-refractivity contribution is 0.102. The summed E-state index contributed by atoms with van der Waals surface area (Å²) in [5, 5.41) is 2.81. The zero-order valence-electron chi connectivity index (χ0n) is 12.6. The van der Waals surface area contributed by atoms with Crippen LogP contribution >= 0.6 is 15.9 Å². The third kappa shape index (κ3) is 3.66. The molecule has 3 nitrogen and oxygen atoms in total. The number of halogens is 1. The summed E-state index contributed by atoms with van der Waals surface area (Å²) in [6.45, 7) is 1.88. The molecule has 0 radical (unpaired) electrons. The van der Waals surface area contributed by atoms with Crippen LogP contribution in [0.15, 0.2) is 71.2 Å². The topological polar surface area (TPSA) is 42.0 Å². The van der Waals surface area contributed by atoms with Crippen LogP contribution in [-0.4, -0.2) is 10.9 Å². The van der Waals surface area contributed by atoms with Gasteiger partial charge in [0.2, 0.25) is 0 Å². The van der Waals surface area contributed by atoms with Gasteiger partial charge in [-0.1, -0.05) is 42.5 Å². The highest BCUT2D eigenvalue weighted by molar-refractivity contribution is 9.10. The summed E-state index contributed by atoms with van der Waals surface area (Å²) in [4.78, 5) is 16.6. The van der Waals surface area contributed by atoms with Gasteiger partial charge in [0.15, 0.2) is 0 Å². The van der Waals surface area contributed by atoms with Gasteiger partial charge < -0.3 is 5.32 Å². The van der Waals surface area contributed by atoms with Crippen LogP contribution in [0, 0.1) is 6.92 Å². The van der Waals surface area contributed by atoms with Gasteiger partial charge in [-0.05, 0) is 58.2 Å². The predicted molar refractivity (Wildman–Crippen MR) is 96.5 cm³/mol. The molecule has 0 saturated heterocycles. The van der Waals surface area contributed by atoms with Crippen molar-refractivity contribution >= 4 is 27.7 Å². The molecule has 0 aliphatic rings. The van der Waals surface area contributed by atoms with E-state index in [0.29, 0.717) is 11.4 Å². The summed E-state index contributed by atoms with van der Waals surface area (Å²) in [7, 11) is 0. The fourth-order valence-electron chi connectivity index (χ4n) is 2.25. The normalized spacial score (nSPS) is 10.3. The van der Waals surface area contributed by atoms with Gasteiger partial charge >= 0.3 is 0 Å². The van der Waals surface area contributed by atoms with E-state index >= 15 is 0 Å². The molecule has 2 aromatic carbocycles. The molecule has 0 atom stereocenters. The number of carbonyl (C=O) groups excluding carboxylic acids is 1. The van der Waals surface area contributed by atoms with Gasteiger partial charge in [-0.2, -0.15) is 0 Å². The van der Waals surface area contributed by atoms with E-state index in [4.69, 9.17) is 0 Å². The zero-order valence-corrected chi connectivity index (χ0v) is 14.2. The van der Waals surface area contributed by atoms with Gasteiger partial charge in [0, 0.05) is 10.0 Å². The van der Waals surface area contributed by atoms with Gasteiger partial charge in [-0.25, -0.2) is 4.98 Å². The van der Waals surface area contributed by atoms with Crippen molar-refractivity contribution in [2.75, 3.05) is 5.32 Å². The third-order valence-corrected chi connectivity index (χ3v) is 4.36. The van der Waals surface area contributed by atoms with Crippen molar-refractivity contribution in [3.63, 3.8) is 0 Å². The lowest BCUT2D eigenvalue weighted by atomic mass is 10.0. The van der Waals surface area contributed by atoms with E-state index in [1.807, 2.05) is 67.6 Å². The van der Waals surface area contributed by atoms with Gasteiger partial charge in [-0.3, -0.25) is 4.79 Å². The average Bonchev–Trinajstić information content (AvgIpc) is 2.59. The lowest BCUT2D eigenvalue weighted by Crippen LogP contribution is -2.13. The second-order valence-electron chi connectivity index (χ2n) is 5.16. The van der Waals surface area contributed by atoms with Crippen molar-refractivity contribution in [1.29, 1.82) is 0 Å². The highest BCUT2D eigenvalue weighted by Crippen LogP contribution is 2.20. The summed E-state index contributed by atoms with van der Waals surface area (Å²) in [6, 6.07) is 21.3. The van der Waals surface area contributed by atoms with Crippen molar-refractivity contribution in [2.24, 2.45) is 0 Å². The van der Waals surface area contributed by atoms with Gasteiger partial charge in [0.25, 0.3) is 5.91 Å². The molecule has 114 valence electrons. The molecule has 0 spiro atoms. The molecular formula is C19H15BrN2O. The molecule has 0 fully saturated rings. The average molecular weight is 367 g/mol. The molecule has 1 heterocycles. The number of nitrogens with zero attached hydrogens (tertiary/aromatic N) is 1. The number of hydrogen-bond acceptors (Lipinski definition) is 2. The van der Waals surface area contributed by atoms with Gasteiger partial charge in [-0.15, -0.1) is 0 Å². The number of aryl methyl sites for hydroxylation is 1. The molecule has 3 rings (SSSR count). The molecule has 1 N–H and O–H groups in total. The van der Waals surface area contributed by atoms with Crippen molar-refractivity contribution in [3.05, 3.63) is 82.5 Å². The molecule has 1 amide bonds. The maximum absolute atomic E-state index is 12.3. The first-order chi connectivity index (χ1) is 11.1. The van der Waals surface area contributed by atoms with E-state index in [-0.39, 0.29) is 5.91 Å². The van der Waals surface area contributed by atoms with Crippen LogP contribution in [0.3, 0.4) is 0 Å². The Kier molecular flexibility index (Phi) is 4.53. The van der Waals surface area contributed by atoms with Crippen molar-refractivity contribution in [1.82, 2.24) is 4.98 Å². The number of aromatic nitrogens is 1. The highest BCUT2D eigenvalue weighted by Gasteiger charge is 2.08. The molecule has 0 saturated carbocycles. The zero-order chi connectivity index (χ0) is 16.2. The minimum atomic E-state index is -0.168. The van der Waals surface area contributed by atoms with Crippen molar-refractivity contribution in [2.45, 2.75) is 6.92 Å². The van der Waals surface area contributed by atoms with Crippen molar-refractivity contribution < 1.29 is 4.79 Å². The maximum Gasteiger partial charge on any atom is 0.256 e. The SMILES string of the molecule is Cc1nc(NC(=O)c2ccc(-c3ccccc3)cc2)ccc1Br. The number of amides is 1. The van der Waals surface area contributed by atoms with Gasteiger partial charge in [0.05, 0.1) is 5.69 Å². The van der Waals surface area contributed by atoms with Crippen LogP contribution in [0.1, 0.15) is 16.1 Å². The Labute approximate surface area is 143 Å². The third-order valence-electron chi connectivity index (χ3n) is 3.52. The number of benzene rings is 2.